The number of esters is 1. The number of carbonyl (C=O) groups is 5. The van der Waals surface area contributed by atoms with Crippen LogP contribution < -0.4 is 10.7 Å². The molecule has 2 N–H and O–H groups in total. The maximum Gasteiger partial charge on any atom is 0.324 e. The number of benzene rings is 1. The average Bonchev–Trinajstić information content (AvgIpc) is 3.95. The van der Waals surface area contributed by atoms with E-state index in [1.165, 1.54) is 17.0 Å². The van der Waals surface area contributed by atoms with E-state index in [2.05, 4.69) is 39.2 Å². The van der Waals surface area contributed by atoms with Crippen molar-refractivity contribution in [2.24, 2.45) is 11.3 Å². The maximum absolute atomic E-state index is 16.7. The van der Waals surface area contributed by atoms with E-state index in [1.807, 2.05) is 83.9 Å². The largest absolute Gasteiger partial charge is 0.464 e. The minimum Gasteiger partial charge on any atom is -0.464 e. The fourth-order valence-electron chi connectivity index (χ4n) is 9.76. The van der Waals surface area contributed by atoms with Gasteiger partial charge in [0.2, 0.25) is 17.6 Å². The van der Waals surface area contributed by atoms with Gasteiger partial charge in [0.15, 0.2) is 5.67 Å². The molecule has 19 heteroatoms. The van der Waals surface area contributed by atoms with Gasteiger partial charge in [-0.05, 0) is 109 Å². The zero-order chi connectivity index (χ0) is 52.4. The number of aryl methyl sites for hydroxylation is 1. The lowest BCUT2D eigenvalue weighted by Gasteiger charge is -2.40. The van der Waals surface area contributed by atoms with Crippen molar-refractivity contribution in [1.82, 2.24) is 50.1 Å². The fraction of sp³-hybridized carbons (Fsp3) is 0.585. The molecule has 4 aromatic rings. The van der Waals surface area contributed by atoms with E-state index in [0.717, 1.165) is 38.3 Å². The summed E-state index contributed by atoms with van der Waals surface area (Å²) in [7, 11) is 6.74. The number of halogens is 1. The summed E-state index contributed by atoms with van der Waals surface area (Å²) in [6.45, 7) is 16.2. The third-order valence-electron chi connectivity index (χ3n) is 14.5. The molecule has 388 valence electrons. The van der Waals surface area contributed by atoms with Crippen molar-refractivity contribution in [1.29, 1.82) is 0 Å². The predicted molar refractivity (Wildman–Crippen MR) is 268 cm³/mol. The first kappa shape index (κ1) is 53.6. The summed E-state index contributed by atoms with van der Waals surface area (Å²) in [6, 6.07) is 6.48. The van der Waals surface area contributed by atoms with Gasteiger partial charge in [0, 0.05) is 86.8 Å². The number of hydrogen-bond donors (Lipinski definition) is 2. The Bertz CT molecular complexity index is 2750. The number of hydrogen-bond acceptors (Lipinski definition) is 13. The van der Waals surface area contributed by atoms with Gasteiger partial charge in [-0.25, -0.2) is 9.82 Å². The van der Waals surface area contributed by atoms with E-state index >= 15 is 4.39 Å². The Morgan fingerprint density at radius 2 is 1.81 bits per heavy atom. The number of nitrogens with zero attached hydrogens (tertiary/aromatic N) is 8. The summed E-state index contributed by atoms with van der Waals surface area (Å²) in [5.41, 5.74) is 4.85. The molecule has 3 aromatic heterocycles. The quantitative estimate of drug-likeness (QED) is 0.154. The summed E-state index contributed by atoms with van der Waals surface area (Å²) in [5, 5.41) is 9.44. The first-order chi connectivity index (χ1) is 34.0. The lowest BCUT2D eigenvalue weighted by atomic mass is 9.84. The summed E-state index contributed by atoms with van der Waals surface area (Å²) < 4.78 is 36.7. The highest BCUT2D eigenvalue weighted by molar-refractivity contribution is 5.97. The van der Waals surface area contributed by atoms with Gasteiger partial charge in [-0.15, -0.1) is 0 Å². The number of hydrazine groups is 1. The topological polar surface area (TPSA) is 198 Å². The van der Waals surface area contributed by atoms with E-state index < -0.39 is 70.3 Å². The van der Waals surface area contributed by atoms with Crippen LogP contribution in [0.3, 0.4) is 0 Å². The number of alkyl halides is 1. The van der Waals surface area contributed by atoms with Crippen LogP contribution in [0.2, 0.25) is 0 Å². The van der Waals surface area contributed by atoms with Gasteiger partial charge in [-0.2, -0.15) is 4.98 Å². The zero-order valence-electron chi connectivity index (χ0n) is 43.9. The van der Waals surface area contributed by atoms with Gasteiger partial charge >= 0.3 is 5.97 Å². The molecule has 2 saturated heterocycles. The Kier molecular flexibility index (Phi) is 16.0. The van der Waals surface area contributed by atoms with Crippen molar-refractivity contribution in [3.63, 3.8) is 0 Å². The molecule has 0 spiro atoms. The third kappa shape index (κ3) is 11.2. The molecule has 18 nitrogen and oxygen atoms in total. The Labute approximate surface area is 421 Å². The Hall–Kier alpha value is -6.23. The molecule has 0 unspecified atom stereocenters. The molecule has 3 aliphatic heterocycles. The van der Waals surface area contributed by atoms with E-state index in [-0.39, 0.29) is 63.3 Å². The van der Waals surface area contributed by atoms with Crippen LogP contribution in [-0.2, 0) is 52.8 Å². The summed E-state index contributed by atoms with van der Waals surface area (Å²) in [5.74, 6) is 2.22. The van der Waals surface area contributed by atoms with Crippen LogP contribution in [0, 0.1) is 23.2 Å². The molecule has 0 saturated carbocycles. The fourth-order valence-corrected chi connectivity index (χ4v) is 9.76. The Balaban J connectivity index is 1.20. The van der Waals surface area contributed by atoms with Crippen LogP contribution in [0.15, 0.2) is 41.1 Å². The summed E-state index contributed by atoms with van der Waals surface area (Å²) >= 11 is 0. The molecule has 2 fully saturated rings. The van der Waals surface area contributed by atoms with Crippen LogP contribution in [-0.4, -0.2) is 153 Å². The number of aromatic nitrogens is 4. The van der Waals surface area contributed by atoms with Crippen LogP contribution in [0.5, 0.6) is 0 Å². The van der Waals surface area contributed by atoms with Gasteiger partial charge in [-0.3, -0.25) is 38.9 Å². The van der Waals surface area contributed by atoms with E-state index in [0.29, 0.717) is 31.4 Å². The Morgan fingerprint density at radius 1 is 1.08 bits per heavy atom. The number of carbonyl (C=O) groups excluding carboxylic acids is 5. The third-order valence-corrected chi connectivity index (χ3v) is 14.5. The number of pyridine rings is 1. The summed E-state index contributed by atoms with van der Waals surface area (Å²) in [6.07, 6.45) is 2.00. The van der Waals surface area contributed by atoms with Crippen molar-refractivity contribution in [3.8, 4) is 34.5 Å². The molecule has 4 amide bonds. The van der Waals surface area contributed by atoms with E-state index in [1.54, 1.807) is 27.2 Å². The van der Waals surface area contributed by atoms with Crippen molar-refractivity contribution >= 4 is 40.5 Å². The number of ether oxygens (including phenoxy) is 2. The lowest BCUT2D eigenvalue weighted by Crippen LogP contribution is -2.63. The lowest BCUT2D eigenvalue weighted by molar-refractivity contribution is -0.156. The molecular formula is C53H71FN10O8. The highest BCUT2D eigenvalue weighted by Gasteiger charge is 2.47. The number of likely N-dealkylation sites (N-methyl/N-ethyl adjacent to an activating group) is 1. The van der Waals surface area contributed by atoms with E-state index in [4.69, 9.17) is 24.0 Å². The molecule has 6 heterocycles. The number of piperidine rings is 1. The van der Waals surface area contributed by atoms with Gasteiger partial charge in [-0.1, -0.05) is 38.8 Å². The maximum atomic E-state index is 16.7. The van der Waals surface area contributed by atoms with Crippen LogP contribution in [0.1, 0.15) is 104 Å². The van der Waals surface area contributed by atoms with Crippen molar-refractivity contribution in [2.75, 3.05) is 54.5 Å². The van der Waals surface area contributed by atoms with Gasteiger partial charge in [0.1, 0.15) is 18.1 Å². The number of amides is 4. The van der Waals surface area contributed by atoms with Crippen LogP contribution >= 0.6 is 0 Å². The van der Waals surface area contributed by atoms with Crippen LogP contribution in [0.25, 0.3) is 33.5 Å². The molecule has 4 atom stereocenters. The summed E-state index contributed by atoms with van der Waals surface area (Å²) in [4.78, 5) is 84.1. The van der Waals surface area contributed by atoms with Gasteiger partial charge in [0.05, 0.1) is 36.1 Å². The number of methoxy groups -OCH3 is 1. The second-order valence-electron chi connectivity index (χ2n) is 21.2. The number of cyclic esters (lactones) is 1. The molecule has 72 heavy (non-hydrogen) atoms. The highest BCUT2D eigenvalue weighted by atomic mass is 19.1. The van der Waals surface area contributed by atoms with Crippen molar-refractivity contribution in [2.45, 2.75) is 136 Å². The average molecular weight is 995 g/mol. The molecule has 0 radical (unpaired) electrons. The van der Waals surface area contributed by atoms with Crippen molar-refractivity contribution in [3.05, 3.63) is 53.7 Å². The van der Waals surface area contributed by atoms with Crippen LogP contribution in [0.4, 0.5) is 4.39 Å². The SMILES string of the molecule is CCn1c(-c2cccnc2[C@H](C)OC)c2c3cc(ccc31)-c1noc(n1)C[C@H](NC(=O)[C@H](C(C)C)N(C)C(=O)C1(F)CCN(C(=O)C#CC(C)(C)N(C)C)CC1)C(=O)N1CCC[C@H](N1)C(=O)OCC(C)(C)C2. The van der Waals surface area contributed by atoms with E-state index in [9.17, 15) is 24.0 Å². The number of fused-ring (bicyclic) bond motifs is 6. The van der Waals surface area contributed by atoms with Gasteiger partial charge < -0.3 is 33.7 Å². The predicted octanol–water partition coefficient (Wildman–Crippen LogP) is 5.29. The minimum absolute atomic E-state index is 0.0373. The molecule has 0 aliphatic carbocycles. The second kappa shape index (κ2) is 21.5. The highest BCUT2D eigenvalue weighted by Crippen LogP contribution is 2.42. The van der Waals surface area contributed by atoms with Crippen molar-refractivity contribution < 1.29 is 42.4 Å². The second-order valence-corrected chi connectivity index (χ2v) is 21.2. The normalized spacial score (nSPS) is 20.3. The number of nitrogens with one attached hydrogen (secondary N) is 2. The molecular weight excluding hydrogens is 924 g/mol. The molecule has 3 aliphatic rings. The number of rotatable bonds is 10. The smallest absolute Gasteiger partial charge is 0.324 e. The van der Waals surface area contributed by atoms with Gasteiger partial charge in [0.25, 0.3) is 17.7 Å². The molecule has 6 bridgehead atoms. The standard InChI is InChI=1S/C53H71FN10O8/c1-13-63-40-19-18-34-28-36(40)37(45(63)35-16-14-24-55-43(35)33(4)70-12)30-51(5,6)31-71-49(68)38-17-15-25-64(58-38)48(67)39(29-41-57-46(34)59-72-41)56-47(66)44(32(2)3)61(11)50(69)53(54)22-26-62(27-23-53)42(65)20-21-52(7,8)60(9)10/h14,16,18-19,24,28,32-33,38-39,44,58H,13,15,17,22-23,25-27,29-31H2,1-12H3,(H,56,66)/t33-,38-,39-,44-/m0/s1. The minimum atomic E-state index is -2.36. The first-order valence-corrected chi connectivity index (χ1v) is 25.0. The first-order valence-electron chi connectivity index (χ1n) is 25.0. The number of likely N-dealkylation sites (tertiary alicyclic amines) is 1. The zero-order valence-corrected chi connectivity index (χ0v) is 43.9. The monoisotopic (exact) mass is 995 g/mol. The Morgan fingerprint density at radius 3 is 2.47 bits per heavy atom. The molecule has 7 rings (SSSR count). The molecule has 1 aromatic carbocycles.